The van der Waals surface area contributed by atoms with Crippen LogP contribution in [0.3, 0.4) is 0 Å². The van der Waals surface area contributed by atoms with E-state index in [-0.39, 0.29) is 12.4 Å². The Morgan fingerprint density at radius 1 is 1.17 bits per heavy atom. The first kappa shape index (κ1) is 20.3. The van der Waals surface area contributed by atoms with E-state index >= 15 is 0 Å². The average molecular weight is 342 g/mol. The minimum absolute atomic E-state index is 0. The third-order valence-electron chi connectivity index (χ3n) is 4.67. The molecule has 0 radical (unpaired) electrons. The SMILES string of the molecule is CC(C)c1ccccc1OCC(O)CN(C)C1CCCCC1.Cl. The van der Waals surface area contributed by atoms with Gasteiger partial charge in [0.05, 0.1) is 0 Å². The summed E-state index contributed by atoms with van der Waals surface area (Å²) in [5.41, 5.74) is 1.20. The lowest BCUT2D eigenvalue weighted by atomic mass is 9.94. The van der Waals surface area contributed by atoms with Crippen LogP contribution in [0.1, 0.15) is 57.4 Å². The Balaban J connectivity index is 0.00000264. The van der Waals surface area contributed by atoms with Crippen LogP contribution in [0.15, 0.2) is 24.3 Å². The molecule has 1 fully saturated rings. The summed E-state index contributed by atoms with van der Waals surface area (Å²) in [7, 11) is 2.13. The summed E-state index contributed by atoms with van der Waals surface area (Å²) < 4.78 is 5.87. The predicted octanol–water partition coefficient (Wildman–Crippen LogP) is 4.24. The summed E-state index contributed by atoms with van der Waals surface area (Å²) in [5.74, 6) is 1.33. The van der Waals surface area contributed by atoms with E-state index in [9.17, 15) is 5.11 Å². The fraction of sp³-hybridized carbons (Fsp3) is 0.684. The Morgan fingerprint density at radius 2 is 1.83 bits per heavy atom. The van der Waals surface area contributed by atoms with Gasteiger partial charge < -0.3 is 14.7 Å². The van der Waals surface area contributed by atoms with Crippen LogP contribution in [0.25, 0.3) is 0 Å². The van der Waals surface area contributed by atoms with Crippen LogP contribution in [0, 0.1) is 0 Å². The molecular weight excluding hydrogens is 310 g/mol. The Labute approximate surface area is 147 Å². The highest BCUT2D eigenvalue weighted by atomic mass is 35.5. The molecule has 0 saturated heterocycles. The fourth-order valence-corrected chi connectivity index (χ4v) is 3.33. The Hall–Kier alpha value is -0.770. The number of likely N-dealkylation sites (N-methyl/N-ethyl adjacent to an activating group) is 1. The van der Waals surface area contributed by atoms with Crippen LogP contribution >= 0.6 is 12.4 Å². The van der Waals surface area contributed by atoms with E-state index in [0.717, 1.165) is 5.75 Å². The molecule has 1 unspecified atom stereocenters. The lowest BCUT2D eigenvalue weighted by Gasteiger charge is -2.32. The third kappa shape index (κ3) is 6.33. The van der Waals surface area contributed by atoms with Crippen molar-refractivity contribution in [3.05, 3.63) is 29.8 Å². The van der Waals surface area contributed by atoms with Crippen LogP contribution in [-0.4, -0.2) is 42.4 Å². The molecule has 4 heteroatoms. The molecule has 0 aliphatic heterocycles. The van der Waals surface area contributed by atoms with Crippen molar-refractivity contribution in [1.29, 1.82) is 0 Å². The predicted molar refractivity (Wildman–Crippen MR) is 98.8 cm³/mol. The van der Waals surface area contributed by atoms with Gasteiger partial charge in [0.1, 0.15) is 18.5 Å². The number of aliphatic hydroxyl groups is 1. The Bertz CT molecular complexity index is 447. The minimum atomic E-state index is -0.438. The molecule has 1 aliphatic carbocycles. The molecule has 1 atom stereocenters. The molecule has 1 aromatic rings. The standard InChI is InChI=1S/C19H31NO2.ClH/c1-15(2)18-11-7-8-12-19(18)22-14-17(21)13-20(3)16-9-5-4-6-10-16;/h7-8,11-12,15-17,21H,4-6,9-10,13-14H2,1-3H3;1H. The lowest BCUT2D eigenvalue weighted by molar-refractivity contribution is 0.0558. The van der Waals surface area contributed by atoms with Gasteiger partial charge in [0, 0.05) is 12.6 Å². The van der Waals surface area contributed by atoms with Crippen LogP contribution in [0.4, 0.5) is 0 Å². The first-order chi connectivity index (χ1) is 10.6. The largest absolute Gasteiger partial charge is 0.491 e. The molecule has 0 amide bonds. The molecule has 0 aromatic heterocycles. The van der Waals surface area contributed by atoms with E-state index in [1.54, 1.807) is 0 Å². The number of hydrogen-bond donors (Lipinski definition) is 1. The molecule has 0 bridgehead atoms. The average Bonchev–Trinajstić information content (AvgIpc) is 2.54. The molecule has 0 heterocycles. The monoisotopic (exact) mass is 341 g/mol. The molecule has 1 saturated carbocycles. The van der Waals surface area contributed by atoms with Crippen molar-refractivity contribution in [2.24, 2.45) is 0 Å². The van der Waals surface area contributed by atoms with Gasteiger partial charge in [-0.3, -0.25) is 0 Å². The van der Waals surface area contributed by atoms with Gasteiger partial charge in [-0.05, 0) is 37.4 Å². The number of para-hydroxylation sites is 1. The van der Waals surface area contributed by atoms with E-state index in [2.05, 4.69) is 31.9 Å². The van der Waals surface area contributed by atoms with Crippen molar-refractivity contribution < 1.29 is 9.84 Å². The maximum atomic E-state index is 10.3. The summed E-state index contributed by atoms with van der Waals surface area (Å²) in [5, 5.41) is 10.3. The highest BCUT2D eigenvalue weighted by molar-refractivity contribution is 5.85. The zero-order valence-corrected chi connectivity index (χ0v) is 15.5. The van der Waals surface area contributed by atoms with Crippen LogP contribution in [-0.2, 0) is 0 Å². The van der Waals surface area contributed by atoms with Gasteiger partial charge >= 0.3 is 0 Å². The number of hydrogen-bond acceptors (Lipinski definition) is 3. The van der Waals surface area contributed by atoms with E-state index < -0.39 is 6.10 Å². The van der Waals surface area contributed by atoms with Gasteiger partial charge in [0.25, 0.3) is 0 Å². The van der Waals surface area contributed by atoms with Crippen LogP contribution in [0.5, 0.6) is 5.75 Å². The van der Waals surface area contributed by atoms with Gasteiger partial charge in [-0.25, -0.2) is 0 Å². The topological polar surface area (TPSA) is 32.7 Å². The van der Waals surface area contributed by atoms with Crippen molar-refractivity contribution in [3.8, 4) is 5.75 Å². The summed E-state index contributed by atoms with van der Waals surface area (Å²) >= 11 is 0. The van der Waals surface area contributed by atoms with E-state index in [1.165, 1.54) is 37.7 Å². The smallest absolute Gasteiger partial charge is 0.122 e. The molecule has 23 heavy (non-hydrogen) atoms. The maximum absolute atomic E-state index is 10.3. The number of ether oxygens (including phenoxy) is 1. The van der Waals surface area contributed by atoms with Gasteiger partial charge in [0.15, 0.2) is 0 Å². The Morgan fingerprint density at radius 3 is 2.48 bits per heavy atom. The molecular formula is C19H32ClNO2. The summed E-state index contributed by atoms with van der Waals surface area (Å²) in [6, 6.07) is 8.75. The fourth-order valence-electron chi connectivity index (χ4n) is 3.33. The van der Waals surface area contributed by atoms with Gasteiger partial charge in [-0.2, -0.15) is 0 Å². The number of aliphatic hydroxyl groups excluding tert-OH is 1. The molecule has 0 spiro atoms. The van der Waals surface area contributed by atoms with E-state index in [1.807, 2.05) is 18.2 Å². The van der Waals surface area contributed by atoms with Crippen LogP contribution < -0.4 is 4.74 Å². The first-order valence-corrected chi connectivity index (χ1v) is 8.68. The molecule has 1 aromatic carbocycles. The van der Waals surface area contributed by atoms with Gasteiger partial charge in [-0.1, -0.05) is 51.3 Å². The highest BCUT2D eigenvalue weighted by Gasteiger charge is 2.20. The minimum Gasteiger partial charge on any atom is -0.491 e. The molecule has 1 aliphatic rings. The Kier molecular flexibility index (Phi) is 8.96. The normalized spacial score (nSPS) is 17.1. The molecule has 3 nitrogen and oxygen atoms in total. The number of rotatable bonds is 7. The zero-order chi connectivity index (χ0) is 15.9. The van der Waals surface area contributed by atoms with Crippen molar-refractivity contribution in [2.75, 3.05) is 20.2 Å². The quantitative estimate of drug-likeness (QED) is 0.805. The van der Waals surface area contributed by atoms with Crippen molar-refractivity contribution in [1.82, 2.24) is 4.90 Å². The summed E-state index contributed by atoms with van der Waals surface area (Å²) in [6.45, 7) is 5.38. The second-order valence-corrected chi connectivity index (χ2v) is 6.89. The molecule has 1 N–H and O–H groups in total. The third-order valence-corrected chi connectivity index (χ3v) is 4.67. The second-order valence-electron chi connectivity index (χ2n) is 6.89. The van der Waals surface area contributed by atoms with Crippen molar-refractivity contribution >= 4 is 12.4 Å². The number of nitrogens with zero attached hydrogens (tertiary/aromatic N) is 1. The van der Waals surface area contributed by atoms with E-state index in [4.69, 9.17) is 4.74 Å². The number of benzene rings is 1. The highest BCUT2D eigenvalue weighted by Crippen LogP contribution is 2.26. The number of halogens is 1. The van der Waals surface area contributed by atoms with Crippen LogP contribution in [0.2, 0.25) is 0 Å². The molecule has 132 valence electrons. The van der Waals surface area contributed by atoms with Gasteiger partial charge in [0.2, 0.25) is 0 Å². The summed E-state index contributed by atoms with van der Waals surface area (Å²) in [6.07, 6.45) is 6.10. The molecule has 2 rings (SSSR count). The van der Waals surface area contributed by atoms with Gasteiger partial charge in [-0.15, -0.1) is 12.4 Å². The van der Waals surface area contributed by atoms with Crippen molar-refractivity contribution in [3.63, 3.8) is 0 Å². The summed E-state index contributed by atoms with van der Waals surface area (Å²) in [4.78, 5) is 2.31. The lowest BCUT2D eigenvalue weighted by Crippen LogP contribution is -2.40. The van der Waals surface area contributed by atoms with Crippen molar-refractivity contribution in [2.45, 2.75) is 64.0 Å². The maximum Gasteiger partial charge on any atom is 0.122 e. The van der Waals surface area contributed by atoms with E-state index in [0.29, 0.717) is 25.1 Å². The first-order valence-electron chi connectivity index (χ1n) is 8.68. The second kappa shape index (κ2) is 10.2. The zero-order valence-electron chi connectivity index (χ0n) is 14.7.